The molecule has 2 aromatic carbocycles. The average molecular weight is 452 g/mol. The molecular formula is C21H19F3N2O4S. The predicted octanol–water partition coefficient (Wildman–Crippen LogP) is 4.20. The van der Waals surface area contributed by atoms with E-state index in [9.17, 15) is 26.4 Å². The summed E-state index contributed by atoms with van der Waals surface area (Å²) in [7, 11) is -3.44. The third-order valence-electron chi connectivity index (χ3n) is 4.44. The molecule has 1 aromatic heterocycles. The van der Waals surface area contributed by atoms with Crippen molar-refractivity contribution in [1.29, 1.82) is 0 Å². The molecule has 3 rings (SSSR count). The summed E-state index contributed by atoms with van der Waals surface area (Å²) in [6.07, 6.45) is -3.58. The predicted molar refractivity (Wildman–Crippen MR) is 107 cm³/mol. The number of halogens is 3. The lowest BCUT2D eigenvalue weighted by Crippen LogP contribution is -2.14. The number of esters is 1. The average Bonchev–Trinajstić information content (AvgIpc) is 3.12. The first-order valence-corrected chi connectivity index (χ1v) is 11.1. The summed E-state index contributed by atoms with van der Waals surface area (Å²) in [4.78, 5) is 12.2. The van der Waals surface area contributed by atoms with Crippen molar-refractivity contribution in [3.63, 3.8) is 0 Å². The Labute approximate surface area is 177 Å². The summed E-state index contributed by atoms with van der Waals surface area (Å²) < 4.78 is 69.0. The maximum absolute atomic E-state index is 13.1. The van der Waals surface area contributed by atoms with Gasteiger partial charge < -0.3 is 4.74 Å². The van der Waals surface area contributed by atoms with Gasteiger partial charge in [0, 0.05) is 17.9 Å². The summed E-state index contributed by atoms with van der Waals surface area (Å²) in [5.41, 5.74) is 0.229. The van der Waals surface area contributed by atoms with Crippen LogP contribution in [0.5, 0.6) is 0 Å². The SMILES string of the molecule is CCOC(=O)c1cc(C(F)(F)F)nn1Cc1ccc(-c2ccccc2S(C)(=O)=O)cc1. The fraction of sp³-hybridized carbons (Fsp3) is 0.238. The van der Waals surface area contributed by atoms with E-state index in [2.05, 4.69) is 5.10 Å². The first-order chi connectivity index (χ1) is 14.5. The van der Waals surface area contributed by atoms with Crippen molar-refractivity contribution in [1.82, 2.24) is 9.78 Å². The van der Waals surface area contributed by atoms with E-state index in [1.165, 1.54) is 6.07 Å². The molecule has 0 N–H and O–H groups in total. The van der Waals surface area contributed by atoms with E-state index in [0.717, 1.165) is 10.9 Å². The number of hydrogen-bond acceptors (Lipinski definition) is 5. The number of benzene rings is 2. The van der Waals surface area contributed by atoms with Crippen molar-refractivity contribution in [2.75, 3.05) is 12.9 Å². The van der Waals surface area contributed by atoms with E-state index in [1.54, 1.807) is 49.4 Å². The molecule has 1 heterocycles. The third-order valence-corrected chi connectivity index (χ3v) is 5.59. The molecule has 6 nitrogen and oxygen atoms in total. The molecule has 10 heteroatoms. The standard InChI is InChI=1S/C21H19F3N2O4S/c1-3-30-20(27)17-12-19(21(22,23)24)25-26(17)13-14-8-10-15(11-9-14)16-6-4-5-7-18(16)31(2,28)29/h4-12H,3,13H2,1-2H3. The van der Waals surface area contributed by atoms with Crippen LogP contribution in [0.25, 0.3) is 11.1 Å². The van der Waals surface area contributed by atoms with Crippen molar-refractivity contribution < 1.29 is 31.1 Å². The molecule has 0 fully saturated rings. The molecule has 0 saturated carbocycles. The summed E-state index contributed by atoms with van der Waals surface area (Å²) in [5, 5.41) is 3.52. The second-order valence-electron chi connectivity index (χ2n) is 6.76. The van der Waals surface area contributed by atoms with Crippen LogP contribution in [0.15, 0.2) is 59.5 Å². The van der Waals surface area contributed by atoms with E-state index in [-0.39, 0.29) is 23.7 Å². The van der Waals surface area contributed by atoms with Gasteiger partial charge in [-0.2, -0.15) is 18.3 Å². The van der Waals surface area contributed by atoms with Crippen LogP contribution in [0, 0.1) is 0 Å². The highest BCUT2D eigenvalue weighted by Gasteiger charge is 2.36. The number of ether oxygens (including phenoxy) is 1. The van der Waals surface area contributed by atoms with Gasteiger partial charge in [0.2, 0.25) is 0 Å². The van der Waals surface area contributed by atoms with Crippen molar-refractivity contribution in [2.45, 2.75) is 24.5 Å². The minimum Gasteiger partial charge on any atom is -0.461 e. The molecule has 0 radical (unpaired) electrons. The van der Waals surface area contributed by atoms with Gasteiger partial charge in [0.25, 0.3) is 0 Å². The number of aromatic nitrogens is 2. The number of hydrogen-bond donors (Lipinski definition) is 0. The van der Waals surface area contributed by atoms with Crippen molar-refractivity contribution >= 4 is 15.8 Å². The van der Waals surface area contributed by atoms with Crippen LogP contribution in [0.1, 0.15) is 28.7 Å². The first kappa shape index (κ1) is 22.5. The summed E-state index contributed by atoms with van der Waals surface area (Å²) in [6.45, 7) is 1.47. The highest BCUT2D eigenvalue weighted by Crippen LogP contribution is 2.30. The molecule has 31 heavy (non-hydrogen) atoms. The molecule has 0 aliphatic carbocycles. The lowest BCUT2D eigenvalue weighted by molar-refractivity contribution is -0.141. The molecular weight excluding hydrogens is 433 g/mol. The number of alkyl halides is 3. The molecule has 0 amide bonds. The van der Waals surface area contributed by atoms with Gasteiger partial charge in [0.05, 0.1) is 18.0 Å². The Hall–Kier alpha value is -3.14. The van der Waals surface area contributed by atoms with Crippen LogP contribution in [0.3, 0.4) is 0 Å². The molecule has 0 saturated heterocycles. The molecule has 0 aliphatic heterocycles. The van der Waals surface area contributed by atoms with Crippen LogP contribution >= 0.6 is 0 Å². The van der Waals surface area contributed by atoms with Crippen molar-refractivity contribution in [3.8, 4) is 11.1 Å². The number of rotatable bonds is 6. The molecule has 0 unspecified atom stereocenters. The Kier molecular flexibility index (Phi) is 6.21. The van der Waals surface area contributed by atoms with Crippen molar-refractivity contribution in [3.05, 3.63) is 71.5 Å². The zero-order chi connectivity index (χ0) is 22.8. The van der Waals surface area contributed by atoms with Gasteiger partial charge in [-0.05, 0) is 24.1 Å². The van der Waals surface area contributed by atoms with Crippen LogP contribution in [0.4, 0.5) is 13.2 Å². The van der Waals surface area contributed by atoms with Crippen LogP contribution < -0.4 is 0 Å². The van der Waals surface area contributed by atoms with Crippen molar-refractivity contribution in [2.24, 2.45) is 0 Å². The van der Waals surface area contributed by atoms with E-state index in [4.69, 9.17) is 4.74 Å². The number of carbonyl (C=O) groups excluding carboxylic acids is 1. The minimum atomic E-state index is -4.70. The molecule has 0 spiro atoms. The lowest BCUT2D eigenvalue weighted by Gasteiger charge is -2.10. The summed E-state index contributed by atoms with van der Waals surface area (Å²) >= 11 is 0. The van der Waals surface area contributed by atoms with E-state index in [1.807, 2.05) is 0 Å². The Morgan fingerprint density at radius 3 is 2.32 bits per heavy atom. The van der Waals surface area contributed by atoms with Crippen LogP contribution in [-0.2, 0) is 27.3 Å². The maximum Gasteiger partial charge on any atom is 0.435 e. The summed E-state index contributed by atoms with van der Waals surface area (Å²) in [6, 6.07) is 13.8. The zero-order valence-corrected chi connectivity index (χ0v) is 17.5. The Bertz CT molecular complexity index is 1200. The second kappa shape index (κ2) is 8.54. The monoisotopic (exact) mass is 452 g/mol. The Morgan fingerprint density at radius 2 is 1.74 bits per heavy atom. The van der Waals surface area contributed by atoms with E-state index in [0.29, 0.717) is 22.8 Å². The quantitative estimate of drug-likeness (QED) is 0.524. The topological polar surface area (TPSA) is 78.3 Å². The fourth-order valence-corrected chi connectivity index (χ4v) is 3.95. The lowest BCUT2D eigenvalue weighted by atomic mass is 10.0. The largest absolute Gasteiger partial charge is 0.461 e. The smallest absolute Gasteiger partial charge is 0.435 e. The highest BCUT2D eigenvalue weighted by atomic mass is 32.2. The summed E-state index contributed by atoms with van der Waals surface area (Å²) in [5.74, 6) is -0.899. The van der Waals surface area contributed by atoms with E-state index < -0.39 is 27.7 Å². The molecule has 3 aromatic rings. The highest BCUT2D eigenvalue weighted by molar-refractivity contribution is 7.90. The van der Waals surface area contributed by atoms with Gasteiger partial charge in [-0.1, -0.05) is 42.5 Å². The van der Waals surface area contributed by atoms with Gasteiger partial charge in [-0.25, -0.2) is 13.2 Å². The first-order valence-electron chi connectivity index (χ1n) is 9.21. The van der Waals surface area contributed by atoms with Gasteiger partial charge >= 0.3 is 12.1 Å². The molecule has 0 bridgehead atoms. The second-order valence-corrected chi connectivity index (χ2v) is 8.74. The number of nitrogens with zero attached hydrogens (tertiary/aromatic N) is 2. The van der Waals surface area contributed by atoms with Gasteiger partial charge in [-0.15, -0.1) is 0 Å². The fourth-order valence-electron chi connectivity index (χ4n) is 3.04. The zero-order valence-electron chi connectivity index (χ0n) is 16.7. The van der Waals surface area contributed by atoms with E-state index >= 15 is 0 Å². The number of carbonyl (C=O) groups is 1. The molecule has 164 valence electrons. The minimum absolute atomic E-state index is 0.0137. The van der Waals surface area contributed by atoms with Gasteiger partial charge in [0.1, 0.15) is 5.69 Å². The Morgan fingerprint density at radius 1 is 1.10 bits per heavy atom. The third kappa shape index (κ3) is 5.13. The van der Waals surface area contributed by atoms with Gasteiger partial charge in [0.15, 0.2) is 15.5 Å². The van der Waals surface area contributed by atoms with Gasteiger partial charge in [-0.3, -0.25) is 4.68 Å². The molecule has 0 atom stereocenters. The Balaban J connectivity index is 1.94. The molecule has 0 aliphatic rings. The normalized spacial score (nSPS) is 12.0. The maximum atomic E-state index is 13.1. The van der Waals surface area contributed by atoms with Crippen LogP contribution in [0.2, 0.25) is 0 Å². The van der Waals surface area contributed by atoms with Crippen LogP contribution in [-0.4, -0.2) is 37.0 Å². The number of sulfone groups is 1.